The van der Waals surface area contributed by atoms with Gasteiger partial charge in [-0.15, -0.1) is 0 Å². The lowest BCUT2D eigenvalue weighted by atomic mass is 10.0. The predicted molar refractivity (Wildman–Crippen MR) is 68.0 cm³/mol. The van der Waals surface area contributed by atoms with Gasteiger partial charge in [-0.2, -0.15) is 0 Å². The minimum atomic E-state index is -0.622. The number of carboxylic acid groups (broad SMARTS) is 1. The standard InChI is InChI=1S/C14H25NO2/c16-14(17)11-12-6-7-13(10-12)15-8-4-2-1-3-5-9-15/h12-13H,1-11H2,(H,16,17). The number of hydrogen-bond donors (Lipinski definition) is 1. The Labute approximate surface area is 104 Å². The van der Waals surface area contributed by atoms with Crippen molar-refractivity contribution in [3.63, 3.8) is 0 Å². The molecular formula is C14H25NO2. The fourth-order valence-electron chi connectivity index (χ4n) is 3.45. The van der Waals surface area contributed by atoms with Crippen LogP contribution < -0.4 is 0 Å². The Kier molecular flexibility index (Phi) is 4.84. The van der Waals surface area contributed by atoms with Crippen LogP contribution in [0.4, 0.5) is 0 Å². The summed E-state index contributed by atoms with van der Waals surface area (Å²) in [5.41, 5.74) is 0. The molecule has 0 aromatic rings. The summed E-state index contributed by atoms with van der Waals surface area (Å²) in [5, 5.41) is 8.84. The van der Waals surface area contributed by atoms with Gasteiger partial charge in [0.15, 0.2) is 0 Å². The average Bonchev–Trinajstić information content (AvgIpc) is 2.64. The molecule has 0 aromatic carbocycles. The monoisotopic (exact) mass is 239 g/mol. The van der Waals surface area contributed by atoms with Crippen molar-refractivity contribution in [2.75, 3.05) is 13.1 Å². The van der Waals surface area contributed by atoms with Crippen molar-refractivity contribution >= 4 is 5.97 Å². The Balaban J connectivity index is 1.79. The number of rotatable bonds is 3. The lowest BCUT2D eigenvalue weighted by Crippen LogP contribution is -2.36. The van der Waals surface area contributed by atoms with Crippen molar-refractivity contribution in [3.8, 4) is 0 Å². The van der Waals surface area contributed by atoms with Crippen LogP contribution in [0.5, 0.6) is 0 Å². The van der Waals surface area contributed by atoms with Crippen molar-refractivity contribution in [3.05, 3.63) is 0 Å². The molecule has 2 aliphatic rings. The van der Waals surface area contributed by atoms with Crippen LogP contribution in [0.15, 0.2) is 0 Å². The molecule has 1 aliphatic heterocycles. The Hall–Kier alpha value is -0.570. The first-order valence-electron chi connectivity index (χ1n) is 7.21. The first kappa shape index (κ1) is 12.9. The molecule has 2 rings (SSSR count). The molecule has 1 aliphatic carbocycles. The molecule has 1 saturated carbocycles. The predicted octanol–water partition coefficient (Wildman–Crippen LogP) is 2.90. The average molecular weight is 239 g/mol. The molecule has 1 saturated heterocycles. The van der Waals surface area contributed by atoms with Crippen molar-refractivity contribution in [1.29, 1.82) is 0 Å². The van der Waals surface area contributed by atoms with Crippen molar-refractivity contribution < 1.29 is 9.90 Å². The van der Waals surface area contributed by atoms with Crippen LogP contribution in [0.1, 0.15) is 57.8 Å². The van der Waals surface area contributed by atoms with Gasteiger partial charge in [0.05, 0.1) is 0 Å². The first-order valence-corrected chi connectivity index (χ1v) is 7.21. The highest BCUT2D eigenvalue weighted by Crippen LogP contribution is 2.32. The maximum Gasteiger partial charge on any atom is 0.303 e. The van der Waals surface area contributed by atoms with Crippen LogP contribution in [-0.4, -0.2) is 35.1 Å². The second-order valence-corrected chi connectivity index (χ2v) is 5.73. The van der Waals surface area contributed by atoms with Crippen LogP contribution in [0.25, 0.3) is 0 Å². The lowest BCUT2D eigenvalue weighted by molar-refractivity contribution is -0.138. The van der Waals surface area contributed by atoms with Crippen molar-refractivity contribution in [1.82, 2.24) is 4.90 Å². The summed E-state index contributed by atoms with van der Waals surface area (Å²) >= 11 is 0. The van der Waals surface area contributed by atoms with E-state index in [1.807, 2.05) is 0 Å². The molecule has 3 nitrogen and oxygen atoms in total. The van der Waals surface area contributed by atoms with E-state index in [1.165, 1.54) is 51.6 Å². The van der Waals surface area contributed by atoms with E-state index >= 15 is 0 Å². The molecule has 2 unspecified atom stereocenters. The number of hydrogen-bond acceptors (Lipinski definition) is 2. The summed E-state index contributed by atoms with van der Waals surface area (Å²) in [7, 11) is 0. The fraction of sp³-hybridized carbons (Fsp3) is 0.929. The summed E-state index contributed by atoms with van der Waals surface area (Å²) in [6.45, 7) is 2.48. The fourth-order valence-corrected chi connectivity index (χ4v) is 3.45. The molecule has 1 N–H and O–H groups in total. The Morgan fingerprint density at radius 1 is 1.06 bits per heavy atom. The molecule has 1 heterocycles. The van der Waals surface area contributed by atoms with Crippen molar-refractivity contribution in [2.24, 2.45) is 5.92 Å². The summed E-state index contributed by atoms with van der Waals surface area (Å²) in [6.07, 6.45) is 10.7. The number of likely N-dealkylation sites (tertiary alicyclic amines) is 1. The minimum Gasteiger partial charge on any atom is -0.481 e. The van der Waals surface area contributed by atoms with Gasteiger partial charge in [0.25, 0.3) is 0 Å². The number of carbonyl (C=O) groups is 1. The smallest absolute Gasteiger partial charge is 0.303 e. The molecule has 2 fully saturated rings. The van der Waals surface area contributed by atoms with Gasteiger partial charge in [-0.05, 0) is 51.1 Å². The first-order chi connectivity index (χ1) is 8.25. The van der Waals surface area contributed by atoms with Gasteiger partial charge in [0.2, 0.25) is 0 Å². The molecule has 0 amide bonds. The zero-order valence-corrected chi connectivity index (χ0v) is 10.7. The third-order valence-corrected chi connectivity index (χ3v) is 4.38. The van der Waals surface area contributed by atoms with Gasteiger partial charge in [0, 0.05) is 12.5 Å². The third kappa shape index (κ3) is 3.98. The highest BCUT2D eigenvalue weighted by molar-refractivity contribution is 5.67. The SMILES string of the molecule is O=C(O)CC1CCC(N2CCCCCCC2)C1. The number of nitrogens with zero attached hydrogens (tertiary/aromatic N) is 1. The molecule has 0 spiro atoms. The van der Waals surface area contributed by atoms with E-state index in [0.717, 1.165) is 12.8 Å². The van der Waals surface area contributed by atoms with E-state index in [0.29, 0.717) is 18.4 Å². The van der Waals surface area contributed by atoms with Crippen LogP contribution in [0.2, 0.25) is 0 Å². The Bertz CT molecular complexity index is 247. The van der Waals surface area contributed by atoms with Gasteiger partial charge in [-0.1, -0.05) is 19.3 Å². The molecule has 98 valence electrons. The second-order valence-electron chi connectivity index (χ2n) is 5.73. The molecule has 0 aromatic heterocycles. The Morgan fingerprint density at radius 2 is 1.71 bits per heavy atom. The number of carboxylic acids is 1. The quantitative estimate of drug-likeness (QED) is 0.823. The van der Waals surface area contributed by atoms with Gasteiger partial charge in [-0.25, -0.2) is 0 Å². The van der Waals surface area contributed by atoms with Gasteiger partial charge in [-0.3, -0.25) is 4.79 Å². The summed E-state index contributed by atoms with van der Waals surface area (Å²) < 4.78 is 0. The lowest BCUT2D eigenvalue weighted by Gasteiger charge is -2.30. The van der Waals surface area contributed by atoms with Crippen molar-refractivity contribution in [2.45, 2.75) is 63.8 Å². The van der Waals surface area contributed by atoms with Crippen LogP contribution in [-0.2, 0) is 4.79 Å². The summed E-state index contributed by atoms with van der Waals surface area (Å²) in [5.74, 6) is -0.189. The zero-order valence-electron chi connectivity index (χ0n) is 10.7. The maximum atomic E-state index is 10.7. The van der Waals surface area contributed by atoms with E-state index in [1.54, 1.807) is 0 Å². The Morgan fingerprint density at radius 3 is 2.35 bits per heavy atom. The maximum absolute atomic E-state index is 10.7. The molecule has 0 radical (unpaired) electrons. The van der Waals surface area contributed by atoms with E-state index < -0.39 is 5.97 Å². The van der Waals surface area contributed by atoms with Gasteiger partial charge >= 0.3 is 5.97 Å². The van der Waals surface area contributed by atoms with E-state index in [4.69, 9.17) is 5.11 Å². The van der Waals surface area contributed by atoms with Gasteiger partial charge in [0.1, 0.15) is 0 Å². The normalized spacial score (nSPS) is 32.0. The topological polar surface area (TPSA) is 40.5 Å². The molecule has 3 heteroatoms. The van der Waals surface area contributed by atoms with Crippen LogP contribution in [0.3, 0.4) is 0 Å². The molecular weight excluding hydrogens is 214 g/mol. The highest BCUT2D eigenvalue weighted by atomic mass is 16.4. The second kappa shape index (κ2) is 6.39. The molecule has 17 heavy (non-hydrogen) atoms. The van der Waals surface area contributed by atoms with E-state index in [2.05, 4.69) is 4.90 Å². The summed E-state index contributed by atoms with van der Waals surface area (Å²) in [4.78, 5) is 13.4. The van der Waals surface area contributed by atoms with E-state index in [9.17, 15) is 4.79 Å². The highest BCUT2D eigenvalue weighted by Gasteiger charge is 2.30. The molecule has 0 bridgehead atoms. The largest absolute Gasteiger partial charge is 0.481 e. The van der Waals surface area contributed by atoms with Gasteiger partial charge < -0.3 is 10.0 Å². The van der Waals surface area contributed by atoms with Crippen LogP contribution in [0, 0.1) is 5.92 Å². The van der Waals surface area contributed by atoms with Crippen LogP contribution >= 0.6 is 0 Å². The van der Waals surface area contributed by atoms with E-state index in [-0.39, 0.29) is 0 Å². The zero-order chi connectivity index (χ0) is 12.1. The third-order valence-electron chi connectivity index (χ3n) is 4.38. The minimum absolute atomic E-state index is 0.379. The number of aliphatic carboxylic acids is 1. The molecule has 2 atom stereocenters. The summed E-state index contributed by atoms with van der Waals surface area (Å²) in [6, 6.07) is 0.678.